The van der Waals surface area contributed by atoms with E-state index in [1.165, 1.54) is 11.3 Å². The SMILES string of the molecule is CCc1ccc2nc(N3CCN(c4ccccc4)CC3)c(C=O)cc2c1. The third-order valence-electron chi connectivity index (χ3n) is 5.12. The summed E-state index contributed by atoms with van der Waals surface area (Å²) in [6.07, 6.45) is 1.92. The van der Waals surface area contributed by atoms with Crippen LogP contribution in [0.5, 0.6) is 0 Å². The third-order valence-corrected chi connectivity index (χ3v) is 5.12. The molecule has 0 radical (unpaired) electrons. The Morgan fingerprint density at radius 2 is 1.69 bits per heavy atom. The van der Waals surface area contributed by atoms with Crippen LogP contribution in [0.3, 0.4) is 0 Å². The fraction of sp³-hybridized carbons (Fsp3) is 0.273. The van der Waals surface area contributed by atoms with E-state index < -0.39 is 0 Å². The van der Waals surface area contributed by atoms with Crippen molar-refractivity contribution in [2.75, 3.05) is 36.0 Å². The van der Waals surface area contributed by atoms with E-state index in [2.05, 4.69) is 59.2 Å². The van der Waals surface area contributed by atoms with Crippen molar-refractivity contribution in [2.24, 2.45) is 0 Å². The molecule has 0 bridgehead atoms. The number of anilines is 2. The maximum atomic E-state index is 11.7. The van der Waals surface area contributed by atoms with E-state index in [9.17, 15) is 4.79 Å². The van der Waals surface area contributed by atoms with Crippen molar-refractivity contribution in [2.45, 2.75) is 13.3 Å². The number of aromatic nitrogens is 1. The van der Waals surface area contributed by atoms with Crippen LogP contribution in [0.4, 0.5) is 11.5 Å². The summed E-state index contributed by atoms with van der Waals surface area (Å²) < 4.78 is 0. The van der Waals surface area contributed by atoms with E-state index in [4.69, 9.17) is 4.98 Å². The number of hydrogen-bond donors (Lipinski definition) is 0. The van der Waals surface area contributed by atoms with Crippen LogP contribution in [0.2, 0.25) is 0 Å². The second kappa shape index (κ2) is 7.16. The van der Waals surface area contributed by atoms with E-state index >= 15 is 0 Å². The first kappa shape index (κ1) is 16.6. The standard InChI is InChI=1S/C22H23N3O/c1-2-17-8-9-21-18(14-17)15-19(16-26)22(23-21)25-12-10-24(11-13-25)20-6-4-3-5-7-20/h3-9,14-16H,2,10-13H2,1H3. The first-order chi connectivity index (χ1) is 12.8. The molecule has 1 fully saturated rings. The zero-order valence-corrected chi connectivity index (χ0v) is 15.1. The molecule has 2 heterocycles. The summed E-state index contributed by atoms with van der Waals surface area (Å²) in [6.45, 7) is 5.71. The van der Waals surface area contributed by atoms with Gasteiger partial charge in [0.25, 0.3) is 0 Å². The van der Waals surface area contributed by atoms with Gasteiger partial charge in [-0.05, 0) is 42.3 Å². The Hall–Kier alpha value is -2.88. The van der Waals surface area contributed by atoms with Crippen LogP contribution >= 0.6 is 0 Å². The number of para-hydroxylation sites is 1. The minimum atomic E-state index is 0.680. The summed E-state index contributed by atoms with van der Waals surface area (Å²) in [7, 11) is 0. The molecule has 4 rings (SSSR count). The molecule has 4 nitrogen and oxygen atoms in total. The normalized spacial score (nSPS) is 14.7. The number of aryl methyl sites for hydroxylation is 1. The highest BCUT2D eigenvalue weighted by molar-refractivity contribution is 5.92. The summed E-state index contributed by atoms with van der Waals surface area (Å²) in [4.78, 5) is 21.1. The number of carbonyl (C=O) groups excluding carboxylic acids is 1. The molecule has 0 unspecified atom stereocenters. The Labute approximate surface area is 154 Å². The monoisotopic (exact) mass is 345 g/mol. The minimum Gasteiger partial charge on any atom is -0.368 e. The lowest BCUT2D eigenvalue weighted by Gasteiger charge is -2.37. The number of hydrogen-bond acceptors (Lipinski definition) is 4. The Morgan fingerprint density at radius 3 is 2.38 bits per heavy atom. The van der Waals surface area contributed by atoms with Gasteiger partial charge in [-0.3, -0.25) is 4.79 Å². The summed E-state index contributed by atoms with van der Waals surface area (Å²) >= 11 is 0. The van der Waals surface area contributed by atoms with E-state index in [-0.39, 0.29) is 0 Å². The highest BCUT2D eigenvalue weighted by Gasteiger charge is 2.21. The predicted molar refractivity (Wildman–Crippen MR) is 107 cm³/mol. The fourth-order valence-electron chi connectivity index (χ4n) is 3.61. The van der Waals surface area contributed by atoms with Gasteiger partial charge in [0.05, 0.1) is 11.1 Å². The van der Waals surface area contributed by atoms with Crippen LogP contribution in [-0.2, 0) is 6.42 Å². The van der Waals surface area contributed by atoms with Crippen LogP contribution in [0.15, 0.2) is 54.6 Å². The molecule has 4 heteroatoms. The number of benzene rings is 2. The summed E-state index contributed by atoms with van der Waals surface area (Å²) in [5, 5.41) is 1.04. The van der Waals surface area contributed by atoms with Crippen molar-refractivity contribution in [1.29, 1.82) is 0 Å². The van der Waals surface area contributed by atoms with Crippen molar-refractivity contribution in [3.63, 3.8) is 0 Å². The van der Waals surface area contributed by atoms with E-state index in [1.807, 2.05) is 12.1 Å². The van der Waals surface area contributed by atoms with Crippen LogP contribution in [0.1, 0.15) is 22.8 Å². The van der Waals surface area contributed by atoms with Crippen LogP contribution in [0.25, 0.3) is 10.9 Å². The zero-order chi connectivity index (χ0) is 17.9. The van der Waals surface area contributed by atoms with Crippen LogP contribution in [0, 0.1) is 0 Å². The lowest BCUT2D eigenvalue weighted by atomic mass is 10.1. The van der Waals surface area contributed by atoms with Gasteiger partial charge in [-0.25, -0.2) is 4.98 Å². The smallest absolute Gasteiger partial charge is 0.153 e. The van der Waals surface area contributed by atoms with Crippen molar-refractivity contribution in [1.82, 2.24) is 4.98 Å². The molecule has 0 atom stereocenters. The molecular weight excluding hydrogens is 322 g/mol. The van der Waals surface area contributed by atoms with Gasteiger partial charge in [-0.2, -0.15) is 0 Å². The van der Waals surface area contributed by atoms with E-state index in [1.54, 1.807) is 0 Å². The molecule has 1 aromatic heterocycles. The Morgan fingerprint density at radius 1 is 0.962 bits per heavy atom. The molecule has 3 aromatic rings. The average Bonchev–Trinajstić information content (AvgIpc) is 2.73. The van der Waals surface area contributed by atoms with Gasteiger partial charge in [-0.15, -0.1) is 0 Å². The first-order valence-electron chi connectivity index (χ1n) is 9.22. The minimum absolute atomic E-state index is 0.680. The highest BCUT2D eigenvalue weighted by atomic mass is 16.1. The Kier molecular flexibility index (Phi) is 4.57. The summed E-state index contributed by atoms with van der Waals surface area (Å²) in [5.41, 5.74) is 4.15. The number of rotatable bonds is 4. The number of nitrogens with zero attached hydrogens (tertiary/aromatic N) is 3. The highest BCUT2D eigenvalue weighted by Crippen LogP contribution is 2.25. The average molecular weight is 345 g/mol. The van der Waals surface area contributed by atoms with Gasteiger partial charge in [0, 0.05) is 37.3 Å². The molecule has 2 aromatic carbocycles. The second-order valence-electron chi connectivity index (χ2n) is 6.71. The maximum Gasteiger partial charge on any atom is 0.153 e. The molecule has 0 aliphatic carbocycles. The molecule has 0 amide bonds. The fourth-order valence-corrected chi connectivity index (χ4v) is 3.61. The maximum absolute atomic E-state index is 11.7. The quantitative estimate of drug-likeness (QED) is 0.671. The predicted octanol–water partition coefficient (Wildman–Crippen LogP) is 3.94. The van der Waals surface area contributed by atoms with Gasteiger partial charge in [0.1, 0.15) is 5.82 Å². The van der Waals surface area contributed by atoms with Crippen molar-refractivity contribution < 1.29 is 4.79 Å². The first-order valence-corrected chi connectivity index (χ1v) is 9.22. The molecule has 0 spiro atoms. The Bertz CT molecular complexity index is 915. The van der Waals surface area contributed by atoms with Crippen LogP contribution in [-0.4, -0.2) is 37.4 Å². The molecule has 132 valence electrons. The van der Waals surface area contributed by atoms with Gasteiger partial charge >= 0.3 is 0 Å². The molecular formula is C22H23N3O. The van der Waals surface area contributed by atoms with E-state index in [0.29, 0.717) is 5.56 Å². The van der Waals surface area contributed by atoms with Crippen molar-refractivity contribution in [3.05, 3.63) is 65.7 Å². The summed E-state index contributed by atoms with van der Waals surface area (Å²) in [5.74, 6) is 0.810. The zero-order valence-electron chi connectivity index (χ0n) is 15.1. The van der Waals surface area contributed by atoms with E-state index in [0.717, 1.165) is 55.6 Å². The number of piperazine rings is 1. The van der Waals surface area contributed by atoms with Gasteiger partial charge < -0.3 is 9.80 Å². The number of carbonyl (C=O) groups is 1. The van der Waals surface area contributed by atoms with Crippen molar-refractivity contribution in [3.8, 4) is 0 Å². The van der Waals surface area contributed by atoms with Gasteiger partial charge in [0.2, 0.25) is 0 Å². The molecule has 26 heavy (non-hydrogen) atoms. The number of aldehydes is 1. The van der Waals surface area contributed by atoms with Gasteiger partial charge in [0.15, 0.2) is 6.29 Å². The lowest BCUT2D eigenvalue weighted by molar-refractivity contribution is 0.112. The number of pyridine rings is 1. The molecule has 1 aliphatic heterocycles. The van der Waals surface area contributed by atoms with Crippen LogP contribution < -0.4 is 9.80 Å². The second-order valence-corrected chi connectivity index (χ2v) is 6.71. The largest absolute Gasteiger partial charge is 0.368 e. The number of fused-ring (bicyclic) bond motifs is 1. The van der Waals surface area contributed by atoms with Crippen molar-refractivity contribution >= 4 is 28.7 Å². The van der Waals surface area contributed by atoms with Gasteiger partial charge in [-0.1, -0.05) is 31.2 Å². The summed E-state index contributed by atoms with van der Waals surface area (Å²) in [6, 6.07) is 18.8. The third kappa shape index (κ3) is 3.15. The molecule has 1 aliphatic rings. The Balaban J connectivity index is 1.59. The molecule has 0 saturated carbocycles. The molecule has 0 N–H and O–H groups in total. The molecule has 1 saturated heterocycles. The topological polar surface area (TPSA) is 36.4 Å². The lowest BCUT2D eigenvalue weighted by Crippen LogP contribution is -2.47.